The standard InChI is InChI=1S/C72H46N2S/c1-3-16-60-49(12-1)24-25-56-45-54(33-41-61(56)60)53-15-11-14-52(44-53)47-26-35-57(36-27-47)73(58-37-28-48(29-38-58)55-34-42-66-67-43-32-50-13-2-4-18-63(50)72(67)75-71(66)46-55)59-39-30-51(31-40-59)62-17-5-8-21-68(62)74-69-22-9-6-19-64(69)65-20-7-10-23-70(65)74/h1-46H. The summed E-state index contributed by atoms with van der Waals surface area (Å²) in [7, 11) is 0. The summed E-state index contributed by atoms with van der Waals surface area (Å²) in [5.74, 6) is 0. The number of anilines is 3. The highest BCUT2D eigenvalue weighted by Gasteiger charge is 2.18. The Labute approximate surface area is 438 Å². The molecule has 15 aromatic rings. The Bertz CT molecular complexity index is 4640. The third-order valence-electron chi connectivity index (χ3n) is 15.4. The van der Waals surface area contributed by atoms with Crippen molar-refractivity contribution < 1.29 is 0 Å². The molecular weight excluding hydrogens is 925 g/mol. The van der Waals surface area contributed by atoms with Gasteiger partial charge < -0.3 is 9.47 Å². The fraction of sp³-hybridized carbons (Fsp3) is 0. The SMILES string of the molecule is c1cc(-c2ccc(N(c3ccc(-c4ccc5c(c4)sc4c6ccccc6ccc54)cc3)c3ccc(-c4ccccc4-n4c5ccccc5c5ccccc54)cc3)cc2)cc(-c2ccc3c(ccc4ccccc43)c2)c1. The molecule has 3 heteroatoms. The molecule has 0 radical (unpaired) electrons. The number of hydrogen-bond donors (Lipinski definition) is 0. The summed E-state index contributed by atoms with van der Waals surface area (Å²) in [5.41, 5.74) is 16.3. The smallest absolute Gasteiger partial charge is 0.0541 e. The fourth-order valence-electron chi connectivity index (χ4n) is 11.7. The van der Waals surface area contributed by atoms with Crippen LogP contribution < -0.4 is 4.90 Å². The van der Waals surface area contributed by atoms with Crippen molar-refractivity contribution in [1.82, 2.24) is 4.57 Å². The predicted molar refractivity (Wildman–Crippen MR) is 323 cm³/mol. The molecule has 2 nitrogen and oxygen atoms in total. The summed E-state index contributed by atoms with van der Waals surface area (Å²) in [6.45, 7) is 0. The van der Waals surface area contributed by atoms with Crippen molar-refractivity contribution >= 4 is 103 Å². The summed E-state index contributed by atoms with van der Waals surface area (Å²) < 4.78 is 5.08. The number of rotatable bonds is 8. The van der Waals surface area contributed by atoms with Gasteiger partial charge in [-0.25, -0.2) is 0 Å². The largest absolute Gasteiger partial charge is 0.311 e. The van der Waals surface area contributed by atoms with Gasteiger partial charge in [-0.2, -0.15) is 0 Å². The Morgan fingerprint density at radius 3 is 1.40 bits per heavy atom. The minimum absolute atomic E-state index is 1.08. The first-order chi connectivity index (χ1) is 37.2. The molecule has 13 aromatic carbocycles. The summed E-state index contributed by atoms with van der Waals surface area (Å²) in [6, 6.07) is 103. The molecule has 0 aliphatic rings. The van der Waals surface area contributed by atoms with E-state index < -0.39 is 0 Å². The maximum atomic E-state index is 2.42. The van der Waals surface area contributed by atoms with Gasteiger partial charge in [0.25, 0.3) is 0 Å². The van der Waals surface area contributed by atoms with E-state index >= 15 is 0 Å². The van der Waals surface area contributed by atoms with E-state index in [1.807, 2.05) is 11.3 Å². The van der Waals surface area contributed by atoms with Gasteiger partial charge in [-0.05, 0) is 144 Å². The minimum atomic E-state index is 1.08. The van der Waals surface area contributed by atoms with Crippen molar-refractivity contribution in [3.8, 4) is 50.2 Å². The number of fused-ring (bicyclic) bond motifs is 11. The zero-order valence-corrected chi connectivity index (χ0v) is 41.7. The number of hydrogen-bond acceptors (Lipinski definition) is 2. The van der Waals surface area contributed by atoms with Crippen LogP contribution in [-0.4, -0.2) is 4.57 Å². The van der Waals surface area contributed by atoms with Gasteiger partial charge in [0.2, 0.25) is 0 Å². The first-order valence-corrected chi connectivity index (χ1v) is 26.5. The maximum Gasteiger partial charge on any atom is 0.0541 e. The average Bonchev–Trinajstić information content (AvgIpc) is 4.06. The van der Waals surface area contributed by atoms with Crippen LogP contribution in [0, 0.1) is 0 Å². The van der Waals surface area contributed by atoms with Gasteiger partial charge in [-0.3, -0.25) is 0 Å². The molecule has 0 aliphatic carbocycles. The molecule has 0 amide bonds. The Morgan fingerprint density at radius 1 is 0.267 bits per heavy atom. The lowest BCUT2D eigenvalue weighted by Gasteiger charge is -2.26. The van der Waals surface area contributed by atoms with Gasteiger partial charge in [-0.15, -0.1) is 11.3 Å². The third-order valence-corrected chi connectivity index (χ3v) is 16.6. The zero-order chi connectivity index (χ0) is 49.4. The maximum absolute atomic E-state index is 2.42. The van der Waals surface area contributed by atoms with Gasteiger partial charge in [0.15, 0.2) is 0 Å². The lowest BCUT2D eigenvalue weighted by Crippen LogP contribution is -2.09. The fourth-order valence-corrected chi connectivity index (χ4v) is 13.0. The second kappa shape index (κ2) is 17.6. The first-order valence-electron chi connectivity index (χ1n) is 25.7. The topological polar surface area (TPSA) is 8.17 Å². The summed E-state index contributed by atoms with van der Waals surface area (Å²) in [6.07, 6.45) is 0. The van der Waals surface area contributed by atoms with Crippen molar-refractivity contribution in [3.05, 3.63) is 279 Å². The van der Waals surface area contributed by atoms with E-state index in [1.54, 1.807) is 0 Å². The van der Waals surface area contributed by atoms with Crippen LogP contribution in [0.5, 0.6) is 0 Å². The van der Waals surface area contributed by atoms with Gasteiger partial charge in [0.05, 0.1) is 16.7 Å². The molecule has 0 aliphatic heterocycles. The van der Waals surface area contributed by atoms with Gasteiger partial charge in [0.1, 0.15) is 0 Å². The summed E-state index contributed by atoms with van der Waals surface area (Å²) in [5, 5.41) is 12.8. The number of benzene rings is 13. The van der Waals surface area contributed by atoms with Crippen LogP contribution in [0.25, 0.3) is 124 Å². The monoisotopic (exact) mass is 970 g/mol. The predicted octanol–water partition coefficient (Wildman–Crippen LogP) is 20.7. The molecule has 0 saturated heterocycles. The van der Waals surface area contributed by atoms with Crippen molar-refractivity contribution in [2.45, 2.75) is 0 Å². The van der Waals surface area contributed by atoms with Gasteiger partial charge in [-0.1, -0.05) is 206 Å². The van der Waals surface area contributed by atoms with Gasteiger partial charge in [0, 0.05) is 53.6 Å². The van der Waals surface area contributed by atoms with Crippen molar-refractivity contribution in [3.63, 3.8) is 0 Å². The highest BCUT2D eigenvalue weighted by Crippen LogP contribution is 2.43. The van der Waals surface area contributed by atoms with Crippen molar-refractivity contribution in [1.29, 1.82) is 0 Å². The number of thiophene rings is 1. The molecular formula is C72H46N2S. The molecule has 0 saturated carbocycles. The molecule has 0 unspecified atom stereocenters. The second-order valence-corrected chi connectivity index (χ2v) is 20.7. The van der Waals surface area contributed by atoms with E-state index in [-0.39, 0.29) is 0 Å². The lowest BCUT2D eigenvalue weighted by atomic mass is 9.95. The first kappa shape index (κ1) is 43.1. The van der Waals surface area contributed by atoms with E-state index in [0.717, 1.165) is 28.3 Å². The number of para-hydroxylation sites is 3. The molecule has 2 aromatic heterocycles. The Morgan fingerprint density at radius 2 is 0.720 bits per heavy atom. The van der Waals surface area contributed by atoms with Crippen LogP contribution >= 0.6 is 11.3 Å². The quantitative estimate of drug-likeness (QED) is 0.138. The van der Waals surface area contributed by atoms with E-state index in [2.05, 4.69) is 289 Å². The molecule has 75 heavy (non-hydrogen) atoms. The molecule has 0 bridgehead atoms. The summed E-state index contributed by atoms with van der Waals surface area (Å²) in [4.78, 5) is 2.38. The number of aromatic nitrogens is 1. The lowest BCUT2D eigenvalue weighted by molar-refractivity contribution is 1.18. The van der Waals surface area contributed by atoms with E-state index in [0.29, 0.717) is 0 Å². The van der Waals surface area contributed by atoms with Crippen LogP contribution in [-0.2, 0) is 0 Å². The summed E-state index contributed by atoms with van der Waals surface area (Å²) >= 11 is 1.89. The minimum Gasteiger partial charge on any atom is -0.311 e. The normalized spacial score (nSPS) is 11.7. The van der Waals surface area contributed by atoms with Crippen molar-refractivity contribution in [2.24, 2.45) is 0 Å². The average molecular weight is 971 g/mol. The van der Waals surface area contributed by atoms with E-state index in [4.69, 9.17) is 0 Å². The zero-order valence-electron chi connectivity index (χ0n) is 40.9. The number of nitrogens with zero attached hydrogens (tertiary/aromatic N) is 2. The highest BCUT2D eigenvalue weighted by atomic mass is 32.1. The van der Waals surface area contributed by atoms with Crippen LogP contribution in [0.2, 0.25) is 0 Å². The van der Waals surface area contributed by atoms with E-state index in [1.165, 1.54) is 113 Å². The molecule has 0 spiro atoms. The molecule has 2 heterocycles. The Hall–Kier alpha value is -9.54. The van der Waals surface area contributed by atoms with Crippen LogP contribution in [0.4, 0.5) is 17.1 Å². The second-order valence-electron chi connectivity index (χ2n) is 19.6. The third kappa shape index (κ3) is 7.31. The molecule has 0 N–H and O–H groups in total. The molecule has 0 fully saturated rings. The Kier molecular flexibility index (Phi) is 10.1. The highest BCUT2D eigenvalue weighted by molar-refractivity contribution is 7.26. The van der Waals surface area contributed by atoms with Crippen LogP contribution in [0.1, 0.15) is 0 Å². The molecule has 0 atom stereocenters. The molecule has 350 valence electrons. The molecule has 15 rings (SSSR count). The Balaban J connectivity index is 0.797. The van der Waals surface area contributed by atoms with E-state index in [9.17, 15) is 0 Å². The van der Waals surface area contributed by atoms with Crippen LogP contribution in [0.3, 0.4) is 0 Å². The van der Waals surface area contributed by atoms with Crippen molar-refractivity contribution in [2.75, 3.05) is 4.90 Å². The van der Waals surface area contributed by atoms with Crippen LogP contribution in [0.15, 0.2) is 279 Å². The van der Waals surface area contributed by atoms with Gasteiger partial charge >= 0.3 is 0 Å².